The number of nitrogens with one attached hydrogen (secondary N) is 2. The van der Waals surface area contributed by atoms with Gasteiger partial charge in [0.2, 0.25) is 0 Å². The number of ether oxygens (including phenoxy) is 2. The summed E-state index contributed by atoms with van der Waals surface area (Å²) in [5.74, 6) is 0.862. The van der Waals surface area contributed by atoms with E-state index in [-0.39, 0.29) is 25.0 Å². The molecule has 0 aliphatic rings. The van der Waals surface area contributed by atoms with Crippen LogP contribution in [0.5, 0.6) is 11.5 Å². The Kier molecular flexibility index (Phi) is 7.49. The number of benzene rings is 2. The molecule has 2 aromatic rings. The number of aryl methyl sites for hydroxylation is 1. The molecule has 6 nitrogen and oxygen atoms in total. The largest absolute Gasteiger partial charge is 0.484 e. The zero-order valence-electron chi connectivity index (χ0n) is 15.1. The first-order valence-electron chi connectivity index (χ1n) is 8.46. The molecule has 0 spiro atoms. The van der Waals surface area contributed by atoms with E-state index < -0.39 is 0 Å². The minimum absolute atomic E-state index is 0.0602. The van der Waals surface area contributed by atoms with Crippen molar-refractivity contribution in [3.63, 3.8) is 0 Å². The molecule has 2 rings (SSSR count). The summed E-state index contributed by atoms with van der Waals surface area (Å²) in [6.45, 7) is 4.48. The van der Waals surface area contributed by atoms with Crippen LogP contribution >= 0.6 is 0 Å². The molecular weight excluding hydrogens is 332 g/mol. The lowest BCUT2D eigenvalue weighted by Crippen LogP contribution is -2.38. The number of para-hydroxylation sites is 1. The van der Waals surface area contributed by atoms with Crippen LogP contribution in [0.1, 0.15) is 11.1 Å². The van der Waals surface area contributed by atoms with E-state index in [0.717, 1.165) is 11.1 Å². The molecule has 0 fully saturated rings. The minimum atomic E-state index is -0.241. The predicted octanol–water partition coefficient (Wildman–Crippen LogP) is 1.99. The molecule has 0 heterocycles. The summed E-state index contributed by atoms with van der Waals surface area (Å²) in [6, 6.07) is 14.8. The van der Waals surface area contributed by atoms with E-state index in [1.54, 1.807) is 12.1 Å². The molecule has 26 heavy (non-hydrogen) atoms. The molecule has 0 saturated carbocycles. The minimum Gasteiger partial charge on any atom is -0.484 e. The van der Waals surface area contributed by atoms with Crippen molar-refractivity contribution in [3.8, 4) is 11.5 Å². The number of hydrogen-bond donors (Lipinski definition) is 2. The van der Waals surface area contributed by atoms with E-state index in [1.807, 2.05) is 50.2 Å². The number of amides is 2. The fourth-order valence-corrected chi connectivity index (χ4v) is 2.20. The normalized spacial score (nSPS) is 10.1. The Morgan fingerprint density at radius 3 is 2.08 bits per heavy atom. The van der Waals surface area contributed by atoms with Gasteiger partial charge < -0.3 is 20.1 Å². The first kappa shape index (κ1) is 19.3. The van der Waals surface area contributed by atoms with Crippen molar-refractivity contribution in [2.24, 2.45) is 0 Å². The zero-order chi connectivity index (χ0) is 18.8. The lowest BCUT2D eigenvalue weighted by molar-refractivity contribution is -0.124. The third-order valence-electron chi connectivity index (χ3n) is 3.80. The van der Waals surface area contributed by atoms with Crippen LogP contribution in [0.3, 0.4) is 0 Å². The second kappa shape index (κ2) is 10.1. The van der Waals surface area contributed by atoms with Gasteiger partial charge in [0.1, 0.15) is 11.5 Å². The monoisotopic (exact) mass is 356 g/mol. The van der Waals surface area contributed by atoms with Crippen LogP contribution in [0.25, 0.3) is 0 Å². The standard InChI is InChI=1S/C20H24N2O4/c1-15-7-6-10-18(16(15)2)26-14-20(24)22-12-11-21-19(23)13-25-17-8-4-3-5-9-17/h3-10H,11-14H2,1-2H3,(H,21,23)(H,22,24). The molecule has 6 heteroatoms. The van der Waals surface area contributed by atoms with Crippen LogP contribution in [0.2, 0.25) is 0 Å². The molecular formula is C20H24N2O4. The quantitative estimate of drug-likeness (QED) is 0.674. The van der Waals surface area contributed by atoms with Gasteiger partial charge in [0, 0.05) is 13.1 Å². The molecule has 2 amide bonds. The van der Waals surface area contributed by atoms with Crippen LogP contribution < -0.4 is 20.1 Å². The van der Waals surface area contributed by atoms with Gasteiger partial charge in [-0.05, 0) is 43.2 Å². The Hall–Kier alpha value is -3.02. The first-order valence-corrected chi connectivity index (χ1v) is 8.46. The molecule has 0 radical (unpaired) electrons. The number of hydrogen-bond acceptors (Lipinski definition) is 4. The maximum Gasteiger partial charge on any atom is 0.258 e. The highest BCUT2D eigenvalue weighted by atomic mass is 16.5. The van der Waals surface area contributed by atoms with Gasteiger partial charge in [0.25, 0.3) is 11.8 Å². The van der Waals surface area contributed by atoms with Gasteiger partial charge in [-0.3, -0.25) is 9.59 Å². The Bertz CT molecular complexity index is 732. The van der Waals surface area contributed by atoms with Gasteiger partial charge in [-0.2, -0.15) is 0 Å². The van der Waals surface area contributed by atoms with Gasteiger partial charge in [-0.1, -0.05) is 30.3 Å². The molecule has 0 aromatic heterocycles. The molecule has 0 aliphatic carbocycles. The van der Waals surface area contributed by atoms with Gasteiger partial charge in [0.15, 0.2) is 13.2 Å². The SMILES string of the molecule is Cc1cccc(OCC(=O)NCCNC(=O)COc2ccccc2)c1C. The fraction of sp³-hybridized carbons (Fsp3) is 0.300. The molecule has 0 unspecified atom stereocenters. The van der Waals surface area contributed by atoms with Crippen LogP contribution in [0.4, 0.5) is 0 Å². The molecule has 2 N–H and O–H groups in total. The van der Waals surface area contributed by atoms with Gasteiger partial charge in [-0.25, -0.2) is 0 Å². The molecule has 0 saturated heterocycles. The third kappa shape index (κ3) is 6.47. The van der Waals surface area contributed by atoms with Crippen molar-refractivity contribution in [2.45, 2.75) is 13.8 Å². The summed E-state index contributed by atoms with van der Waals surface area (Å²) >= 11 is 0. The number of carbonyl (C=O) groups is 2. The smallest absolute Gasteiger partial charge is 0.258 e. The Balaban J connectivity index is 1.58. The molecule has 138 valence electrons. The predicted molar refractivity (Wildman–Crippen MR) is 99.4 cm³/mol. The molecule has 0 atom stereocenters. The Morgan fingerprint density at radius 1 is 0.808 bits per heavy atom. The lowest BCUT2D eigenvalue weighted by atomic mass is 10.1. The summed E-state index contributed by atoms with van der Waals surface area (Å²) in [6.07, 6.45) is 0. The second-order valence-electron chi connectivity index (χ2n) is 5.79. The zero-order valence-corrected chi connectivity index (χ0v) is 15.1. The van der Waals surface area contributed by atoms with Crippen LogP contribution in [-0.4, -0.2) is 38.1 Å². The summed E-state index contributed by atoms with van der Waals surface area (Å²) in [5.41, 5.74) is 2.13. The highest BCUT2D eigenvalue weighted by Gasteiger charge is 2.06. The number of rotatable bonds is 9. The summed E-state index contributed by atoms with van der Waals surface area (Å²) in [5, 5.41) is 5.38. The summed E-state index contributed by atoms with van der Waals surface area (Å²) < 4.78 is 10.9. The van der Waals surface area contributed by atoms with E-state index in [9.17, 15) is 9.59 Å². The Morgan fingerprint density at radius 2 is 1.42 bits per heavy atom. The van der Waals surface area contributed by atoms with Crippen molar-refractivity contribution in [3.05, 3.63) is 59.7 Å². The van der Waals surface area contributed by atoms with E-state index in [1.165, 1.54) is 0 Å². The lowest BCUT2D eigenvalue weighted by Gasteiger charge is -2.11. The van der Waals surface area contributed by atoms with Crippen molar-refractivity contribution in [2.75, 3.05) is 26.3 Å². The van der Waals surface area contributed by atoms with E-state index in [4.69, 9.17) is 9.47 Å². The van der Waals surface area contributed by atoms with Gasteiger partial charge in [0.05, 0.1) is 0 Å². The maximum atomic E-state index is 11.8. The van der Waals surface area contributed by atoms with Crippen LogP contribution in [0.15, 0.2) is 48.5 Å². The molecule has 0 aliphatic heterocycles. The topological polar surface area (TPSA) is 76.7 Å². The highest BCUT2D eigenvalue weighted by molar-refractivity contribution is 5.78. The van der Waals surface area contributed by atoms with Crippen molar-refractivity contribution < 1.29 is 19.1 Å². The first-order chi connectivity index (χ1) is 12.6. The second-order valence-corrected chi connectivity index (χ2v) is 5.79. The average Bonchev–Trinajstić information content (AvgIpc) is 2.65. The number of carbonyl (C=O) groups excluding carboxylic acids is 2. The van der Waals surface area contributed by atoms with E-state index in [0.29, 0.717) is 24.6 Å². The van der Waals surface area contributed by atoms with E-state index in [2.05, 4.69) is 10.6 Å². The van der Waals surface area contributed by atoms with Gasteiger partial charge in [-0.15, -0.1) is 0 Å². The van der Waals surface area contributed by atoms with Crippen molar-refractivity contribution in [1.82, 2.24) is 10.6 Å². The van der Waals surface area contributed by atoms with Crippen LogP contribution in [0, 0.1) is 13.8 Å². The van der Waals surface area contributed by atoms with Crippen LogP contribution in [-0.2, 0) is 9.59 Å². The Labute approximate surface area is 153 Å². The van der Waals surface area contributed by atoms with Crippen molar-refractivity contribution >= 4 is 11.8 Å². The highest BCUT2D eigenvalue weighted by Crippen LogP contribution is 2.20. The third-order valence-corrected chi connectivity index (χ3v) is 3.80. The van der Waals surface area contributed by atoms with Gasteiger partial charge >= 0.3 is 0 Å². The van der Waals surface area contributed by atoms with E-state index >= 15 is 0 Å². The molecule has 2 aromatic carbocycles. The summed E-state index contributed by atoms with van der Waals surface area (Å²) in [4.78, 5) is 23.5. The summed E-state index contributed by atoms with van der Waals surface area (Å²) in [7, 11) is 0. The fourth-order valence-electron chi connectivity index (χ4n) is 2.20. The maximum absolute atomic E-state index is 11.8. The van der Waals surface area contributed by atoms with Crippen molar-refractivity contribution in [1.29, 1.82) is 0 Å². The average molecular weight is 356 g/mol. The molecule has 0 bridgehead atoms.